The van der Waals surface area contributed by atoms with Gasteiger partial charge in [-0.2, -0.15) is 0 Å². The molecule has 5 rings (SSSR count). The van der Waals surface area contributed by atoms with Crippen LogP contribution in [0.1, 0.15) is 35.8 Å². The van der Waals surface area contributed by atoms with Crippen molar-refractivity contribution in [2.24, 2.45) is 5.92 Å². The number of benzene rings is 2. The second-order valence-electron chi connectivity index (χ2n) is 7.27. The van der Waals surface area contributed by atoms with E-state index in [9.17, 15) is 0 Å². The Morgan fingerprint density at radius 3 is 1.87 bits per heavy atom. The first-order valence-electron chi connectivity index (χ1n) is 8.81. The van der Waals surface area contributed by atoms with Crippen LogP contribution in [0.5, 0.6) is 0 Å². The molecule has 1 aliphatic carbocycles. The lowest BCUT2D eigenvalue weighted by Gasteiger charge is -2.46. The van der Waals surface area contributed by atoms with Gasteiger partial charge in [-0.3, -0.25) is 0 Å². The Labute approximate surface area is 139 Å². The van der Waals surface area contributed by atoms with Gasteiger partial charge in [0.1, 0.15) is 0 Å². The van der Waals surface area contributed by atoms with Crippen LogP contribution in [-0.4, -0.2) is 25.7 Å². The molecule has 2 heterocycles. The average molecular weight is 306 g/mol. The predicted molar refractivity (Wildman–Crippen MR) is 95.8 cm³/mol. The fourth-order valence-electron chi connectivity index (χ4n) is 4.84. The molecule has 0 spiro atoms. The highest BCUT2D eigenvalue weighted by atomic mass is 15.0. The third kappa shape index (κ3) is 2.71. The van der Waals surface area contributed by atoms with Crippen LogP contribution in [0.2, 0.25) is 0 Å². The number of nitrogens with one attached hydrogen (secondary N) is 2. The first kappa shape index (κ1) is 14.9. The van der Waals surface area contributed by atoms with Crippen molar-refractivity contribution in [3.8, 4) is 0 Å². The summed E-state index contributed by atoms with van der Waals surface area (Å²) in [4.78, 5) is 0. The summed E-state index contributed by atoms with van der Waals surface area (Å²) in [6, 6.07) is 22.3. The molecule has 0 radical (unpaired) electrons. The zero-order chi connectivity index (χ0) is 15.7. The molecule has 2 N–H and O–H groups in total. The number of hydrogen-bond donors (Lipinski definition) is 2. The van der Waals surface area contributed by atoms with E-state index in [0.29, 0.717) is 17.8 Å². The van der Waals surface area contributed by atoms with E-state index in [2.05, 4.69) is 78.3 Å². The van der Waals surface area contributed by atoms with Gasteiger partial charge in [0, 0.05) is 12.1 Å². The van der Waals surface area contributed by atoms with Gasteiger partial charge in [-0.1, -0.05) is 60.7 Å². The van der Waals surface area contributed by atoms with Crippen LogP contribution in [-0.2, 0) is 0 Å². The van der Waals surface area contributed by atoms with Crippen LogP contribution >= 0.6 is 0 Å². The SMILES string of the molecule is CNC12CNCC(C(c3ccccc3)C1)C(c1ccccc1)C2. The monoisotopic (exact) mass is 306 g/mol. The third-order valence-electron chi connectivity index (χ3n) is 6.08. The molecule has 2 bridgehead atoms. The minimum absolute atomic E-state index is 0.202. The molecule has 2 nitrogen and oxygen atoms in total. The Morgan fingerprint density at radius 1 is 0.870 bits per heavy atom. The fourth-order valence-corrected chi connectivity index (χ4v) is 4.84. The lowest BCUT2D eigenvalue weighted by molar-refractivity contribution is 0.182. The van der Waals surface area contributed by atoms with E-state index in [1.807, 2.05) is 0 Å². The zero-order valence-corrected chi connectivity index (χ0v) is 13.8. The number of fused-ring (bicyclic) bond motifs is 4. The van der Waals surface area contributed by atoms with Crippen LogP contribution in [0.25, 0.3) is 0 Å². The molecule has 2 unspecified atom stereocenters. The van der Waals surface area contributed by atoms with Crippen LogP contribution in [0.15, 0.2) is 60.7 Å². The van der Waals surface area contributed by atoms with Crippen molar-refractivity contribution in [2.75, 3.05) is 20.1 Å². The van der Waals surface area contributed by atoms with Crippen LogP contribution in [0.3, 0.4) is 0 Å². The quantitative estimate of drug-likeness (QED) is 0.906. The minimum atomic E-state index is 0.202. The molecule has 2 heteroatoms. The molecule has 3 aliphatic rings. The Bertz CT molecular complexity index is 588. The van der Waals surface area contributed by atoms with Gasteiger partial charge in [0.15, 0.2) is 0 Å². The second kappa shape index (κ2) is 6.10. The summed E-state index contributed by atoms with van der Waals surface area (Å²) in [5, 5.41) is 7.42. The van der Waals surface area contributed by atoms with E-state index in [4.69, 9.17) is 0 Å². The Morgan fingerprint density at radius 2 is 1.39 bits per heavy atom. The van der Waals surface area contributed by atoms with E-state index >= 15 is 0 Å². The van der Waals surface area contributed by atoms with Gasteiger partial charge in [-0.15, -0.1) is 0 Å². The number of rotatable bonds is 3. The van der Waals surface area contributed by atoms with Gasteiger partial charge in [0.05, 0.1) is 0 Å². The van der Waals surface area contributed by atoms with E-state index in [1.54, 1.807) is 0 Å². The fraction of sp³-hybridized carbons (Fsp3) is 0.429. The summed E-state index contributed by atoms with van der Waals surface area (Å²) in [6.45, 7) is 2.19. The van der Waals surface area contributed by atoms with Gasteiger partial charge in [0.25, 0.3) is 0 Å². The molecule has 120 valence electrons. The normalized spacial score (nSPS) is 33.3. The largest absolute Gasteiger partial charge is 0.315 e. The van der Waals surface area contributed by atoms with E-state index < -0.39 is 0 Å². The van der Waals surface area contributed by atoms with Crippen molar-refractivity contribution in [3.63, 3.8) is 0 Å². The molecular weight excluding hydrogens is 280 g/mol. The molecule has 2 saturated heterocycles. The van der Waals surface area contributed by atoms with Crippen molar-refractivity contribution in [3.05, 3.63) is 71.8 Å². The minimum Gasteiger partial charge on any atom is -0.315 e. The van der Waals surface area contributed by atoms with Crippen LogP contribution in [0, 0.1) is 5.92 Å². The summed E-state index contributed by atoms with van der Waals surface area (Å²) in [7, 11) is 2.14. The van der Waals surface area contributed by atoms with E-state index in [0.717, 1.165) is 13.1 Å². The maximum absolute atomic E-state index is 3.74. The summed E-state index contributed by atoms with van der Waals surface area (Å²) < 4.78 is 0. The summed E-state index contributed by atoms with van der Waals surface area (Å²) in [5.74, 6) is 1.92. The molecule has 0 amide bonds. The summed E-state index contributed by atoms with van der Waals surface area (Å²) in [6.07, 6.45) is 2.46. The Hall–Kier alpha value is -1.64. The van der Waals surface area contributed by atoms with Crippen molar-refractivity contribution in [1.82, 2.24) is 10.6 Å². The lowest BCUT2D eigenvalue weighted by Crippen LogP contribution is -2.52. The molecule has 2 atom stereocenters. The lowest BCUT2D eigenvalue weighted by atomic mass is 9.62. The first-order valence-corrected chi connectivity index (χ1v) is 8.81. The van der Waals surface area contributed by atoms with Gasteiger partial charge >= 0.3 is 0 Å². The summed E-state index contributed by atoms with van der Waals surface area (Å²) in [5.41, 5.74) is 3.21. The molecule has 3 fully saturated rings. The second-order valence-corrected chi connectivity index (χ2v) is 7.27. The van der Waals surface area contributed by atoms with Crippen molar-refractivity contribution < 1.29 is 0 Å². The van der Waals surface area contributed by atoms with Crippen molar-refractivity contribution in [2.45, 2.75) is 30.2 Å². The molecule has 2 aliphatic heterocycles. The van der Waals surface area contributed by atoms with Crippen LogP contribution in [0.4, 0.5) is 0 Å². The summed E-state index contributed by atoms with van der Waals surface area (Å²) >= 11 is 0. The molecule has 23 heavy (non-hydrogen) atoms. The van der Waals surface area contributed by atoms with Gasteiger partial charge in [-0.25, -0.2) is 0 Å². The highest BCUT2D eigenvalue weighted by Gasteiger charge is 2.48. The van der Waals surface area contributed by atoms with Crippen molar-refractivity contribution >= 4 is 0 Å². The van der Waals surface area contributed by atoms with Gasteiger partial charge in [-0.05, 0) is 55.3 Å². The molecular formula is C21H26N2. The highest BCUT2D eigenvalue weighted by Crippen LogP contribution is 2.50. The highest BCUT2D eigenvalue weighted by molar-refractivity contribution is 5.30. The van der Waals surface area contributed by atoms with Crippen LogP contribution < -0.4 is 10.6 Å². The Balaban J connectivity index is 1.77. The average Bonchev–Trinajstić information content (AvgIpc) is 2.94. The topological polar surface area (TPSA) is 24.1 Å². The number of likely N-dealkylation sites (N-methyl/N-ethyl adjacent to an activating group) is 1. The number of hydrogen-bond acceptors (Lipinski definition) is 2. The molecule has 2 aromatic rings. The first-order chi connectivity index (χ1) is 11.3. The van der Waals surface area contributed by atoms with E-state index in [-0.39, 0.29) is 5.54 Å². The molecule has 2 aromatic carbocycles. The molecule has 1 saturated carbocycles. The zero-order valence-electron chi connectivity index (χ0n) is 13.8. The maximum atomic E-state index is 3.74. The van der Waals surface area contributed by atoms with E-state index in [1.165, 1.54) is 24.0 Å². The molecule has 0 aromatic heterocycles. The van der Waals surface area contributed by atoms with Crippen molar-refractivity contribution in [1.29, 1.82) is 0 Å². The standard InChI is InChI=1S/C21H26N2/c1-22-21-12-18(16-8-4-2-5-9-16)20(14-23-15-21)19(13-21)17-10-6-3-7-11-17/h2-11,18-20,22-23H,12-15H2,1H3. The van der Waals surface area contributed by atoms with Gasteiger partial charge in [0.2, 0.25) is 0 Å². The maximum Gasteiger partial charge on any atom is 0.0315 e. The third-order valence-corrected chi connectivity index (χ3v) is 6.08. The smallest absolute Gasteiger partial charge is 0.0315 e. The van der Waals surface area contributed by atoms with Gasteiger partial charge < -0.3 is 10.6 Å². The Kier molecular flexibility index (Phi) is 3.96. The predicted octanol–water partition coefficient (Wildman–Crippen LogP) is 3.53.